The Balaban J connectivity index is 1.74. The molecule has 6 nitrogen and oxygen atoms in total. The van der Waals surface area contributed by atoms with E-state index in [1.165, 1.54) is 10.9 Å². The number of ether oxygens (including phenoxy) is 2. The van der Waals surface area contributed by atoms with Gasteiger partial charge in [-0.1, -0.05) is 5.21 Å². The van der Waals surface area contributed by atoms with Crippen LogP contribution in [0.25, 0.3) is 0 Å². The van der Waals surface area contributed by atoms with Crippen LogP contribution < -0.4 is 5.73 Å². The van der Waals surface area contributed by atoms with Crippen LogP contribution in [0.4, 0.5) is 13.2 Å². The molecule has 0 amide bonds. The number of aromatic nitrogens is 3. The third kappa shape index (κ3) is 3.04. The van der Waals surface area contributed by atoms with Gasteiger partial charge in [0.25, 0.3) is 0 Å². The molecule has 0 aromatic carbocycles. The van der Waals surface area contributed by atoms with E-state index >= 15 is 0 Å². The molecular formula is C12H17F3N4O2. The number of hydrogen-bond donors (Lipinski definition) is 1. The highest BCUT2D eigenvalue weighted by Gasteiger charge is 2.50. The van der Waals surface area contributed by atoms with Crippen LogP contribution in [0.5, 0.6) is 0 Å². The lowest BCUT2D eigenvalue weighted by atomic mass is 9.88. The van der Waals surface area contributed by atoms with E-state index in [0.717, 1.165) is 6.42 Å². The molecule has 1 aliphatic heterocycles. The van der Waals surface area contributed by atoms with E-state index in [1.54, 1.807) is 0 Å². The zero-order valence-corrected chi connectivity index (χ0v) is 11.3. The molecule has 0 unspecified atom stereocenters. The molecule has 2 atom stereocenters. The van der Waals surface area contributed by atoms with Crippen molar-refractivity contribution in [1.29, 1.82) is 0 Å². The van der Waals surface area contributed by atoms with Gasteiger partial charge in [-0.15, -0.1) is 18.3 Å². The summed E-state index contributed by atoms with van der Waals surface area (Å²) in [6.45, 7) is 0.418. The summed E-state index contributed by atoms with van der Waals surface area (Å²) in [7, 11) is 0. The number of nitrogens with zero attached hydrogens (tertiary/aromatic N) is 3. The van der Waals surface area contributed by atoms with E-state index in [0.29, 0.717) is 25.1 Å². The molecular weight excluding hydrogens is 289 g/mol. The van der Waals surface area contributed by atoms with Gasteiger partial charge in [0.05, 0.1) is 12.8 Å². The molecule has 21 heavy (non-hydrogen) atoms. The zero-order chi connectivity index (χ0) is 15.1. The lowest BCUT2D eigenvalue weighted by Crippen LogP contribution is -2.47. The molecule has 1 aromatic rings. The topological polar surface area (TPSA) is 75.2 Å². The fourth-order valence-electron chi connectivity index (χ4n) is 2.70. The van der Waals surface area contributed by atoms with Crippen molar-refractivity contribution in [2.24, 2.45) is 5.73 Å². The molecule has 1 aromatic heterocycles. The van der Waals surface area contributed by atoms with Gasteiger partial charge >= 0.3 is 6.36 Å². The van der Waals surface area contributed by atoms with Gasteiger partial charge < -0.3 is 10.5 Å². The molecule has 9 heteroatoms. The number of alkyl halides is 3. The Morgan fingerprint density at radius 2 is 2.14 bits per heavy atom. The second-order valence-corrected chi connectivity index (χ2v) is 5.59. The molecule has 0 bridgehead atoms. The van der Waals surface area contributed by atoms with Crippen molar-refractivity contribution in [3.05, 3.63) is 11.9 Å². The van der Waals surface area contributed by atoms with Crippen LogP contribution in [0.15, 0.2) is 6.20 Å². The van der Waals surface area contributed by atoms with Crippen LogP contribution in [-0.2, 0) is 15.2 Å². The van der Waals surface area contributed by atoms with Crippen LogP contribution in [0, 0.1) is 0 Å². The Morgan fingerprint density at radius 3 is 2.67 bits per heavy atom. The maximum atomic E-state index is 12.5. The quantitative estimate of drug-likeness (QED) is 0.922. The third-order valence-electron chi connectivity index (χ3n) is 4.01. The lowest BCUT2D eigenvalue weighted by Gasteiger charge is -2.41. The predicted octanol–water partition coefficient (Wildman–Crippen LogP) is 1.83. The molecule has 1 saturated carbocycles. The minimum absolute atomic E-state index is 0.00262. The van der Waals surface area contributed by atoms with E-state index in [4.69, 9.17) is 10.5 Å². The fraction of sp³-hybridized carbons (Fsp3) is 0.833. The average Bonchev–Trinajstić information content (AvgIpc) is 2.83. The van der Waals surface area contributed by atoms with Crippen LogP contribution in [-0.4, -0.2) is 34.0 Å². The molecule has 2 N–H and O–H groups in total. The Labute approximate surface area is 119 Å². The first-order valence-electron chi connectivity index (χ1n) is 6.95. The number of rotatable bonds is 3. The van der Waals surface area contributed by atoms with Gasteiger partial charge in [-0.3, -0.25) is 4.74 Å². The first kappa shape index (κ1) is 14.7. The summed E-state index contributed by atoms with van der Waals surface area (Å²) in [5.41, 5.74) is 4.82. The second-order valence-electron chi connectivity index (χ2n) is 5.59. The van der Waals surface area contributed by atoms with Crippen molar-refractivity contribution in [2.75, 3.05) is 6.61 Å². The van der Waals surface area contributed by atoms with E-state index in [-0.39, 0.29) is 25.0 Å². The highest BCUT2D eigenvalue weighted by molar-refractivity contribution is 5.02. The number of hydrogen-bond acceptors (Lipinski definition) is 5. The molecule has 3 rings (SSSR count). The predicted molar refractivity (Wildman–Crippen MR) is 64.9 cm³/mol. The maximum Gasteiger partial charge on any atom is 0.524 e. The first-order valence-corrected chi connectivity index (χ1v) is 6.95. The van der Waals surface area contributed by atoms with E-state index < -0.39 is 12.1 Å². The summed E-state index contributed by atoms with van der Waals surface area (Å²) in [4.78, 5) is 0. The molecule has 0 radical (unpaired) electrons. The second kappa shape index (κ2) is 5.22. The van der Waals surface area contributed by atoms with Gasteiger partial charge in [-0.25, -0.2) is 4.68 Å². The SMILES string of the molecule is N[C@@H]1CC[C@@H](c2cn(C3(OC(F)(F)F)CCC3)nn2)OC1. The van der Waals surface area contributed by atoms with Crippen molar-refractivity contribution in [3.63, 3.8) is 0 Å². The highest BCUT2D eigenvalue weighted by atomic mass is 19.4. The summed E-state index contributed by atoms with van der Waals surface area (Å²) < 4.78 is 48.6. The van der Waals surface area contributed by atoms with Crippen molar-refractivity contribution in [3.8, 4) is 0 Å². The van der Waals surface area contributed by atoms with Gasteiger partial charge in [-0.2, -0.15) is 0 Å². The first-order chi connectivity index (χ1) is 9.88. The van der Waals surface area contributed by atoms with Crippen LogP contribution in [0.3, 0.4) is 0 Å². The molecule has 118 valence electrons. The van der Waals surface area contributed by atoms with Crippen molar-refractivity contribution in [1.82, 2.24) is 15.0 Å². The zero-order valence-electron chi connectivity index (χ0n) is 11.3. The van der Waals surface area contributed by atoms with Gasteiger partial charge in [0.15, 0.2) is 5.72 Å². The molecule has 0 spiro atoms. The molecule has 1 aliphatic carbocycles. The Hall–Kier alpha value is -1.19. The van der Waals surface area contributed by atoms with Crippen molar-refractivity contribution < 1.29 is 22.6 Å². The van der Waals surface area contributed by atoms with Gasteiger partial charge in [0, 0.05) is 6.04 Å². The summed E-state index contributed by atoms with van der Waals surface area (Å²) in [5, 5.41) is 7.76. The molecule has 2 fully saturated rings. The van der Waals surface area contributed by atoms with Gasteiger partial charge in [0.1, 0.15) is 11.8 Å². The summed E-state index contributed by atoms with van der Waals surface area (Å²) in [5.74, 6) is 0. The Kier molecular flexibility index (Phi) is 3.66. The standard InChI is InChI=1S/C12H17F3N4O2/c13-12(14,15)21-11(4-1-5-11)19-6-9(17-18-19)10-3-2-8(16)7-20-10/h6,8,10H,1-5,7,16H2/t8-,10+/m1/s1. The number of nitrogens with two attached hydrogens (primary N) is 1. The normalized spacial score (nSPS) is 29.1. The van der Waals surface area contributed by atoms with Crippen LogP contribution >= 0.6 is 0 Å². The average molecular weight is 306 g/mol. The maximum absolute atomic E-state index is 12.5. The van der Waals surface area contributed by atoms with Crippen molar-refractivity contribution in [2.45, 2.75) is 56.3 Å². The van der Waals surface area contributed by atoms with Crippen LogP contribution in [0.2, 0.25) is 0 Å². The Bertz CT molecular complexity index is 493. The monoisotopic (exact) mass is 306 g/mol. The molecule has 2 aliphatic rings. The minimum Gasteiger partial charge on any atom is -0.370 e. The fourth-order valence-corrected chi connectivity index (χ4v) is 2.70. The minimum atomic E-state index is -4.69. The molecule has 1 saturated heterocycles. The third-order valence-corrected chi connectivity index (χ3v) is 4.01. The summed E-state index contributed by atoms with van der Waals surface area (Å²) >= 11 is 0. The van der Waals surface area contributed by atoms with Crippen LogP contribution in [0.1, 0.15) is 43.9 Å². The van der Waals surface area contributed by atoms with Gasteiger partial charge in [-0.05, 0) is 32.1 Å². The molecule has 2 heterocycles. The number of halogens is 3. The van der Waals surface area contributed by atoms with Gasteiger partial charge in [0.2, 0.25) is 0 Å². The summed E-state index contributed by atoms with van der Waals surface area (Å²) in [6, 6.07) is 0.00262. The largest absolute Gasteiger partial charge is 0.524 e. The highest BCUT2D eigenvalue weighted by Crippen LogP contribution is 2.44. The van der Waals surface area contributed by atoms with E-state index in [2.05, 4.69) is 15.0 Å². The van der Waals surface area contributed by atoms with E-state index in [1.807, 2.05) is 0 Å². The lowest BCUT2D eigenvalue weighted by molar-refractivity contribution is -0.402. The Morgan fingerprint density at radius 1 is 1.38 bits per heavy atom. The smallest absolute Gasteiger partial charge is 0.370 e. The van der Waals surface area contributed by atoms with E-state index in [9.17, 15) is 13.2 Å². The summed E-state index contributed by atoms with van der Waals surface area (Å²) in [6.07, 6.45) is -0.777. The van der Waals surface area contributed by atoms with Crippen molar-refractivity contribution >= 4 is 0 Å².